The van der Waals surface area contributed by atoms with Crippen molar-refractivity contribution in [3.8, 4) is 11.6 Å². The van der Waals surface area contributed by atoms with Crippen molar-refractivity contribution in [1.29, 1.82) is 0 Å². The van der Waals surface area contributed by atoms with Gasteiger partial charge in [0.05, 0.1) is 12.2 Å². The van der Waals surface area contributed by atoms with Gasteiger partial charge in [-0.05, 0) is 19.1 Å². The van der Waals surface area contributed by atoms with E-state index < -0.39 is 0 Å². The minimum Gasteiger partial charge on any atom is -0.357 e. The first-order chi connectivity index (χ1) is 13.7. The molecule has 0 unspecified atom stereocenters. The number of pyridine rings is 1. The molecule has 0 aliphatic carbocycles. The highest BCUT2D eigenvalue weighted by Gasteiger charge is 2.09. The Morgan fingerprint density at radius 2 is 2.10 bits per heavy atom. The van der Waals surface area contributed by atoms with Gasteiger partial charge in [-0.1, -0.05) is 11.2 Å². The Kier molecular flexibility index (Phi) is 9.25. The van der Waals surface area contributed by atoms with Crippen molar-refractivity contribution in [2.75, 3.05) is 32.1 Å². The van der Waals surface area contributed by atoms with E-state index >= 15 is 0 Å². The normalized spacial score (nSPS) is 11.1. The zero-order chi connectivity index (χ0) is 19.8. The standard InChI is InChI=1S/C18H24N8OS.HI/c1-4-19-17(22-11-13-12-28-18(23-13)26(2)3)21-10-8-15-24-16(27-25-15)14-7-5-6-9-20-14;/h5-7,9,12H,4,8,10-11H2,1-3H3,(H2,19,21,22);1H. The second-order valence-electron chi connectivity index (χ2n) is 6.12. The maximum absolute atomic E-state index is 5.27. The van der Waals surface area contributed by atoms with Crippen molar-refractivity contribution in [3.05, 3.63) is 41.3 Å². The highest BCUT2D eigenvalue weighted by Crippen LogP contribution is 2.18. The van der Waals surface area contributed by atoms with Gasteiger partial charge in [-0.2, -0.15) is 4.98 Å². The largest absolute Gasteiger partial charge is 0.357 e. The first-order valence-electron chi connectivity index (χ1n) is 9.03. The van der Waals surface area contributed by atoms with Gasteiger partial charge in [0.1, 0.15) is 5.69 Å². The van der Waals surface area contributed by atoms with E-state index in [9.17, 15) is 0 Å². The summed E-state index contributed by atoms with van der Waals surface area (Å²) < 4.78 is 5.27. The molecular formula is C18H25IN8OS. The Hall–Kier alpha value is -2.28. The third-order valence-electron chi connectivity index (χ3n) is 3.66. The quantitative estimate of drug-likeness (QED) is 0.261. The third kappa shape index (κ3) is 6.92. The van der Waals surface area contributed by atoms with Gasteiger partial charge in [0, 0.05) is 45.2 Å². The molecule has 0 spiro atoms. The van der Waals surface area contributed by atoms with E-state index in [1.165, 1.54) is 0 Å². The van der Waals surface area contributed by atoms with Crippen molar-refractivity contribution < 1.29 is 4.52 Å². The van der Waals surface area contributed by atoms with Crippen LogP contribution >= 0.6 is 35.3 Å². The van der Waals surface area contributed by atoms with E-state index in [2.05, 4.69) is 35.7 Å². The molecule has 156 valence electrons. The summed E-state index contributed by atoms with van der Waals surface area (Å²) in [4.78, 5) is 19.7. The van der Waals surface area contributed by atoms with Crippen molar-refractivity contribution in [2.24, 2.45) is 4.99 Å². The van der Waals surface area contributed by atoms with E-state index in [-0.39, 0.29) is 24.0 Å². The predicted octanol–water partition coefficient (Wildman–Crippen LogP) is 2.57. The van der Waals surface area contributed by atoms with Crippen LogP contribution in [0.1, 0.15) is 18.4 Å². The average molecular weight is 528 g/mol. The lowest BCUT2D eigenvalue weighted by molar-refractivity contribution is 0.421. The molecule has 3 rings (SSSR count). The van der Waals surface area contributed by atoms with E-state index in [0.29, 0.717) is 36.9 Å². The predicted molar refractivity (Wildman–Crippen MR) is 126 cm³/mol. The summed E-state index contributed by atoms with van der Waals surface area (Å²) in [5, 5.41) is 13.5. The molecule has 9 nitrogen and oxygen atoms in total. The minimum absolute atomic E-state index is 0. The second-order valence-corrected chi connectivity index (χ2v) is 6.96. The van der Waals surface area contributed by atoms with Gasteiger partial charge in [0.15, 0.2) is 16.9 Å². The number of halogens is 1. The molecule has 0 radical (unpaired) electrons. The van der Waals surface area contributed by atoms with Crippen LogP contribution in [0, 0.1) is 0 Å². The van der Waals surface area contributed by atoms with Gasteiger partial charge in [0.25, 0.3) is 5.89 Å². The lowest BCUT2D eigenvalue weighted by atomic mass is 10.3. The lowest BCUT2D eigenvalue weighted by Gasteiger charge is -2.10. The molecule has 0 bridgehead atoms. The number of anilines is 1. The first-order valence-corrected chi connectivity index (χ1v) is 9.91. The van der Waals surface area contributed by atoms with Crippen LogP contribution in [0.2, 0.25) is 0 Å². The Morgan fingerprint density at radius 3 is 2.79 bits per heavy atom. The molecule has 3 heterocycles. The van der Waals surface area contributed by atoms with Crippen LogP contribution in [0.15, 0.2) is 39.3 Å². The van der Waals surface area contributed by atoms with Gasteiger partial charge in [-0.3, -0.25) is 4.98 Å². The summed E-state index contributed by atoms with van der Waals surface area (Å²) in [6, 6.07) is 5.57. The number of hydrogen-bond acceptors (Lipinski definition) is 8. The van der Waals surface area contributed by atoms with Crippen molar-refractivity contribution >= 4 is 46.4 Å². The molecule has 0 saturated heterocycles. The molecule has 0 fully saturated rings. The van der Waals surface area contributed by atoms with E-state index in [4.69, 9.17) is 4.52 Å². The number of rotatable bonds is 8. The molecule has 3 aromatic rings. The van der Waals surface area contributed by atoms with Crippen molar-refractivity contribution in [1.82, 2.24) is 30.7 Å². The smallest absolute Gasteiger partial charge is 0.276 e. The molecule has 3 aromatic heterocycles. The number of aliphatic imine (C=N–C) groups is 1. The topological polar surface area (TPSA) is 104 Å². The van der Waals surface area contributed by atoms with Crippen LogP contribution in [-0.2, 0) is 13.0 Å². The molecular weight excluding hydrogens is 503 g/mol. The number of aromatic nitrogens is 4. The van der Waals surface area contributed by atoms with Crippen molar-refractivity contribution in [3.63, 3.8) is 0 Å². The van der Waals surface area contributed by atoms with Crippen LogP contribution in [0.4, 0.5) is 5.13 Å². The van der Waals surface area contributed by atoms with E-state index in [1.54, 1.807) is 17.5 Å². The zero-order valence-corrected chi connectivity index (χ0v) is 19.8. The highest BCUT2D eigenvalue weighted by atomic mass is 127. The summed E-state index contributed by atoms with van der Waals surface area (Å²) in [5.74, 6) is 1.78. The minimum atomic E-state index is 0. The van der Waals surface area contributed by atoms with Gasteiger partial charge < -0.3 is 20.1 Å². The summed E-state index contributed by atoms with van der Waals surface area (Å²) in [6.45, 7) is 3.96. The summed E-state index contributed by atoms with van der Waals surface area (Å²) in [6.07, 6.45) is 2.31. The fourth-order valence-corrected chi connectivity index (χ4v) is 3.07. The molecule has 0 aromatic carbocycles. The van der Waals surface area contributed by atoms with Crippen molar-refractivity contribution in [2.45, 2.75) is 19.9 Å². The van der Waals surface area contributed by atoms with Gasteiger partial charge in [0.2, 0.25) is 0 Å². The number of thiazole rings is 1. The van der Waals surface area contributed by atoms with Gasteiger partial charge in [-0.15, -0.1) is 35.3 Å². The number of hydrogen-bond donors (Lipinski definition) is 2. The maximum atomic E-state index is 5.27. The van der Waals surface area contributed by atoms with Crippen LogP contribution in [0.25, 0.3) is 11.6 Å². The average Bonchev–Trinajstić information content (AvgIpc) is 3.37. The van der Waals surface area contributed by atoms with Gasteiger partial charge >= 0.3 is 0 Å². The van der Waals surface area contributed by atoms with Gasteiger partial charge in [-0.25, -0.2) is 9.98 Å². The second kappa shape index (κ2) is 11.7. The SMILES string of the molecule is CCNC(=NCc1csc(N(C)C)n1)NCCc1noc(-c2ccccn2)n1.I. The highest BCUT2D eigenvalue weighted by molar-refractivity contribution is 14.0. The summed E-state index contributed by atoms with van der Waals surface area (Å²) in [7, 11) is 3.96. The monoisotopic (exact) mass is 528 g/mol. The molecule has 0 aliphatic heterocycles. The lowest BCUT2D eigenvalue weighted by Crippen LogP contribution is -2.38. The maximum Gasteiger partial charge on any atom is 0.276 e. The first kappa shape index (κ1) is 23.0. The number of nitrogens with one attached hydrogen (secondary N) is 2. The molecule has 29 heavy (non-hydrogen) atoms. The summed E-state index contributed by atoms with van der Waals surface area (Å²) in [5.41, 5.74) is 1.62. The summed E-state index contributed by atoms with van der Waals surface area (Å²) >= 11 is 1.61. The van der Waals surface area contributed by atoms with Crippen LogP contribution in [-0.4, -0.2) is 53.3 Å². The van der Waals surface area contributed by atoms with Crippen LogP contribution in [0.5, 0.6) is 0 Å². The number of guanidine groups is 1. The molecule has 0 aliphatic rings. The molecule has 0 saturated carbocycles. The number of nitrogens with zero attached hydrogens (tertiary/aromatic N) is 6. The van der Waals surface area contributed by atoms with E-state index in [0.717, 1.165) is 23.3 Å². The Labute approximate surface area is 191 Å². The Balaban J connectivity index is 0.00000300. The fraction of sp³-hybridized carbons (Fsp3) is 0.389. The van der Waals surface area contributed by atoms with Crippen LogP contribution < -0.4 is 15.5 Å². The molecule has 2 N–H and O–H groups in total. The molecule has 0 atom stereocenters. The molecule has 11 heteroatoms. The van der Waals surface area contributed by atoms with Crippen LogP contribution in [0.3, 0.4) is 0 Å². The van der Waals surface area contributed by atoms with E-state index in [1.807, 2.05) is 49.5 Å². The molecule has 0 amide bonds. The zero-order valence-electron chi connectivity index (χ0n) is 16.6. The fourth-order valence-electron chi connectivity index (χ4n) is 2.32. The Bertz CT molecular complexity index is 896. The third-order valence-corrected chi connectivity index (χ3v) is 4.72. The Morgan fingerprint density at radius 1 is 1.24 bits per heavy atom.